The summed E-state index contributed by atoms with van der Waals surface area (Å²) in [4.78, 5) is 0. The zero-order valence-corrected chi connectivity index (χ0v) is 8.85. The van der Waals surface area contributed by atoms with Crippen molar-refractivity contribution < 1.29 is 0 Å². The standard InChI is InChI=1S/C15H11N/c1-2-3-6-14-9-12-7-4-5-8-13(12)10-15(14)11-16/h2-10H,1H2/b6-3-. The van der Waals surface area contributed by atoms with Gasteiger partial charge in [0, 0.05) is 0 Å². The van der Waals surface area contributed by atoms with Gasteiger partial charge in [-0.05, 0) is 28.5 Å². The highest BCUT2D eigenvalue weighted by atomic mass is 14.2. The lowest BCUT2D eigenvalue weighted by Gasteiger charge is -2.02. The number of fused-ring (bicyclic) bond motifs is 1. The summed E-state index contributed by atoms with van der Waals surface area (Å²) in [5.41, 5.74) is 1.62. The van der Waals surface area contributed by atoms with Crippen LogP contribution in [0.4, 0.5) is 0 Å². The third-order valence-electron chi connectivity index (χ3n) is 2.45. The molecule has 1 nitrogen and oxygen atoms in total. The molecule has 0 amide bonds. The lowest BCUT2D eigenvalue weighted by atomic mass is 10.0. The van der Waals surface area contributed by atoms with E-state index in [0.29, 0.717) is 5.56 Å². The van der Waals surface area contributed by atoms with Gasteiger partial charge in [0.05, 0.1) is 11.6 Å². The third-order valence-corrected chi connectivity index (χ3v) is 2.45. The zero-order chi connectivity index (χ0) is 11.4. The highest BCUT2D eigenvalue weighted by Gasteiger charge is 2.01. The first-order chi connectivity index (χ1) is 7.85. The number of benzene rings is 2. The second-order valence-electron chi connectivity index (χ2n) is 3.49. The molecule has 2 rings (SSSR count). The Morgan fingerprint density at radius 3 is 2.44 bits per heavy atom. The Morgan fingerprint density at radius 2 is 1.81 bits per heavy atom. The van der Waals surface area contributed by atoms with Gasteiger partial charge in [0.25, 0.3) is 0 Å². The van der Waals surface area contributed by atoms with Crippen molar-refractivity contribution in [3.8, 4) is 6.07 Å². The Hall–Kier alpha value is -2.33. The number of rotatable bonds is 2. The van der Waals surface area contributed by atoms with E-state index in [1.165, 1.54) is 0 Å². The van der Waals surface area contributed by atoms with Crippen molar-refractivity contribution in [3.63, 3.8) is 0 Å². The summed E-state index contributed by atoms with van der Waals surface area (Å²) >= 11 is 0. The van der Waals surface area contributed by atoms with Crippen LogP contribution in [0.5, 0.6) is 0 Å². The van der Waals surface area contributed by atoms with Crippen LogP contribution in [0.1, 0.15) is 11.1 Å². The van der Waals surface area contributed by atoms with Gasteiger partial charge in [-0.25, -0.2) is 0 Å². The Morgan fingerprint density at radius 1 is 1.12 bits per heavy atom. The van der Waals surface area contributed by atoms with E-state index in [0.717, 1.165) is 16.3 Å². The highest BCUT2D eigenvalue weighted by molar-refractivity contribution is 5.87. The van der Waals surface area contributed by atoms with Crippen molar-refractivity contribution in [2.24, 2.45) is 0 Å². The molecule has 0 aliphatic carbocycles. The maximum Gasteiger partial charge on any atom is 0.0998 e. The fourth-order valence-corrected chi connectivity index (χ4v) is 1.66. The van der Waals surface area contributed by atoms with Crippen molar-refractivity contribution in [1.29, 1.82) is 5.26 Å². The number of hydrogen-bond acceptors (Lipinski definition) is 1. The predicted molar refractivity (Wildman–Crippen MR) is 67.9 cm³/mol. The maximum absolute atomic E-state index is 9.07. The lowest BCUT2D eigenvalue weighted by Crippen LogP contribution is -1.83. The van der Waals surface area contributed by atoms with E-state index in [2.05, 4.69) is 12.6 Å². The normalized spacial score (nSPS) is 10.4. The van der Waals surface area contributed by atoms with Crippen LogP contribution in [-0.2, 0) is 0 Å². The van der Waals surface area contributed by atoms with Crippen LogP contribution in [0.3, 0.4) is 0 Å². The summed E-state index contributed by atoms with van der Waals surface area (Å²) in [5.74, 6) is 0. The fraction of sp³-hybridized carbons (Fsp3) is 0. The molecule has 0 saturated carbocycles. The van der Waals surface area contributed by atoms with Gasteiger partial charge in [-0.3, -0.25) is 0 Å². The Balaban J connectivity index is 2.68. The van der Waals surface area contributed by atoms with Gasteiger partial charge in [0.2, 0.25) is 0 Å². The summed E-state index contributed by atoms with van der Waals surface area (Å²) < 4.78 is 0. The van der Waals surface area contributed by atoms with Crippen LogP contribution in [0, 0.1) is 11.3 Å². The molecule has 0 heterocycles. The molecule has 2 aromatic rings. The van der Waals surface area contributed by atoms with Crippen molar-refractivity contribution in [3.05, 3.63) is 66.3 Å². The van der Waals surface area contributed by atoms with E-state index in [1.807, 2.05) is 48.6 Å². The molecule has 0 bridgehead atoms. The Bertz CT molecular complexity index is 600. The molecule has 0 aliphatic heterocycles. The summed E-state index contributed by atoms with van der Waals surface area (Å²) in [6, 6.07) is 14.2. The highest BCUT2D eigenvalue weighted by Crippen LogP contribution is 2.20. The largest absolute Gasteiger partial charge is 0.192 e. The van der Waals surface area contributed by atoms with Crippen molar-refractivity contribution in [1.82, 2.24) is 0 Å². The van der Waals surface area contributed by atoms with Gasteiger partial charge in [-0.2, -0.15) is 5.26 Å². The summed E-state index contributed by atoms with van der Waals surface area (Å²) in [5, 5.41) is 11.3. The smallest absolute Gasteiger partial charge is 0.0998 e. The first-order valence-corrected chi connectivity index (χ1v) is 5.07. The first-order valence-electron chi connectivity index (χ1n) is 5.07. The monoisotopic (exact) mass is 205 g/mol. The van der Waals surface area contributed by atoms with Gasteiger partial charge in [-0.15, -0.1) is 0 Å². The molecule has 0 unspecified atom stereocenters. The van der Waals surface area contributed by atoms with Crippen LogP contribution in [0.15, 0.2) is 55.1 Å². The minimum atomic E-state index is 0.691. The number of nitrogens with zero attached hydrogens (tertiary/aromatic N) is 1. The van der Waals surface area contributed by atoms with E-state index in [-0.39, 0.29) is 0 Å². The molecule has 0 fully saturated rings. The van der Waals surface area contributed by atoms with Crippen molar-refractivity contribution in [2.45, 2.75) is 0 Å². The second kappa shape index (κ2) is 4.46. The molecule has 0 radical (unpaired) electrons. The lowest BCUT2D eigenvalue weighted by molar-refractivity contribution is 1.48. The summed E-state index contributed by atoms with van der Waals surface area (Å²) in [7, 11) is 0. The van der Waals surface area contributed by atoms with Crippen LogP contribution in [0.2, 0.25) is 0 Å². The molecule has 0 aliphatic rings. The zero-order valence-electron chi connectivity index (χ0n) is 8.85. The van der Waals surface area contributed by atoms with E-state index in [1.54, 1.807) is 6.08 Å². The van der Waals surface area contributed by atoms with Gasteiger partial charge < -0.3 is 0 Å². The van der Waals surface area contributed by atoms with Gasteiger partial charge in [0.15, 0.2) is 0 Å². The topological polar surface area (TPSA) is 23.8 Å². The molecule has 2 aromatic carbocycles. The Labute approximate surface area is 95.0 Å². The van der Waals surface area contributed by atoms with Crippen molar-refractivity contribution in [2.75, 3.05) is 0 Å². The molecular weight excluding hydrogens is 194 g/mol. The van der Waals surface area contributed by atoms with E-state index in [9.17, 15) is 0 Å². The number of allylic oxidation sites excluding steroid dienone is 2. The number of nitriles is 1. The number of hydrogen-bond donors (Lipinski definition) is 0. The molecule has 0 spiro atoms. The summed E-state index contributed by atoms with van der Waals surface area (Å²) in [6.45, 7) is 3.62. The van der Waals surface area contributed by atoms with E-state index in [4.69, 9.17) is 5.26 Å². The Kier molecular flexibility index (Phi) is 2.84. The van der Waals surface area contributed by atoms with Crippen LogP contribution in [0.25, 0.3) is 16.8 Å². The average Bonchev–Trinajstić information content (AvgIpc) is 2.35. The molecular formula is C15H11N. The molecule has 16 heavy (non-hydrogen) atoms. The molecule has 76 valence electrons. The quantitative estimate of drug-likeness (QED) is 0.682. The predicted octanol–water partition coefficient (Wildman–Crippen LogP) is 3.91. The minimum Gasteiger partial charge on any atom is -0.192 e. The molecule has 0 aromatic heterocycles. The molecule has 0 saturated heterocycles. The van der Waals surface area contributed by atoms with Crippen LogP contribution < -0.4 is 0 Å². The van der Waals surface area contributed by atoms with Crippen molar-refractivity contribution >= 4 is 16.8 Å². The molecule has 0 N–H and O–H groups in total. The third kappa shape index (κ3) is 1.87. The average molecular weight is 205 g/mol. The second-order valence-corrected chi connectivity index (χ2v) is 3.49. The SMILES string of the molecule is C=C/C=C\c1cc2ccccc2cc1C#N. The fourth-order valence-electron chi connectivity index (χ4n) is 1.66. The van der Waals surface area contributed by atoms with Gasteiger partial charge >= 0.3 is 0 Å². The van der Waals surface area contributed by atoms with E-state index >= 15 is 0 Å². The minimum absolute atomic E-state index is 0.691. The summed E-state index contributed by atoms with van der Waals surface area (Å²) in [6.07, 6.45) is 5.44. The maximum atomic E-state index is 9.07. The van der Waals surface area contributed by atoms with Crippen LogP contribution in [-0.4, -0.2) is 0 Å². The molecule has 0 atom stereocenters. The molecule has 1 heteroatoms. The first kappa shape index (κ1) is 10.2. The van der Waals surface area contributed by atoms with E-state index < -0.39 is 0 Å². The van der Waals surface area contributed by atoms with Crippen LogP contribution >= 0.6 is 0 Å². The van der Waals surface area contributed by atoms with Gasteiger partial charge in [-0.1, -0.05) is 49.1 Å². The van der Waals surface area contributed by atoms with Gasteiger partial charge in [0.1, 0.15) is 0 Å².